The first-order valence-corrected chi connectivity index (χ1v) is 9.75. The van der Waals surface area contributed by atoms with E-state index in [0.29, 0.717) is 33.3 Å². The molecule has 134 valence electrons. The second-order valence-electron chi connectivity index (χ2n) is 6.09. The molecule has 26 heavy (non-hydrogen) atoms. The van der Waals surface area contributed by atoms with E-state index in [1.165, 1.54) is 11.8 Å². The van der Waals surface area contributed by atoms with E-state index in [4.69, 9.17) is 16.6 Å². The Morgan fingerprint density at radius 2 is 1.96 bits per heavy atom. The molecule has 3 rings (SSSR count). The number of hydrogen-bond donors (Lipinski definition) is 0. The van der Waals surface area contributed by atoms with Crippen LogP contribution in [-0.2, 0) is 4.79 Å². The number of halogens is 1. The Morgan fingerprint density at radius 3 is 2.73 bits per heavy atom. The maximum absolute atomic E-state index is 13.2. The second kappa shape index (κ2) is 8.06. The van der Waals surface area contributed by atoms with E-state index in [9.17, 15) is 9.59 Å². The van der Waals surface area contributed by atoms with E-state index in [1.807, 2.05) is 37.3 Å². The molecular formula is C20H19ClN2O2S. The van der Waals surface area contributed by atoms with Crippen molar-refractivity contribution in [1.82, 2.24) is 9.55 Å². The minimum Gasteiger partial charge on any atom is -0.300 e. The van der Waals surface area contributed by atoms with Crippen molar-refractivity contribution in [3.05, 3.63) is 63.4 Å². The van der Waals surface area contributed by atoms with Crippen LogP contribution in [-0.4, -0.2) is 21.1 Å². The molecule has 0 saturated heterocycles. The van der Waals surface area contributed by atoms with Gasteiger partial charge < -0.3 is 4.79 Å². The molecule has 0 spiro atoms. The fourth-order valence-electron chi connectivity index (χ4n) is 2.74. The average Bonchev–Trinajstić information content (AvgIpc) is 2.62. The van der Waals surface area contributed by atoms with E-state index < -0.39 is 0 Å². The summed E-state index contributed by atoms with van der Waals surface area (Å²) in [5, 5.41) is 1.79. The van der Waals surface area contributed by atoms with Crippen LogP contribution in [0.25, 0.3) is 16.6 Å². The molecule has 1 heterocycles. The van der Waals surface area contributed by atoms with Crippen molar-refractivity contribution in [2.24, 2.45) is 0 Å². The van der Waals surface area contributed by atoms with E-state index in [-0.39, 0.29) is 11.3 Å². The summed E-state index contributed by atoms with van der Waals surface area (Å²) in [6, 6.07) is 12.8. The smallest absolute Gasteiger partial charge is 0.266 e. The molecule has 0 unspecified atom stereocenters. The van der Waals surface area contributed by atoms with Crippen LogP contribution in [0.3, 0.4) is 0 Å². The molecule has 6 heteroatoms. The highest BCUT2D eigenvalue weighted by Gasteiger charge is 2.15. The Kier molecular flexibility index (Phi) is 5.79. The third-order valence-electron chi connectivity index (χ3n) is 4.13. The molecule has 0 N–H and O–H groups in total. The predicted octanol–water partition coefficient (Wildman–Crippen LogP) is 4.81. The van der Waals surface area contributed by atoms with Crippen LogP contribution in [0.2, 0.25) is 5.02 Å². The van der Waals surface area contributed by atoms with Gasteiger partial charge in [0.05, 0.1) is 16.6 Å². The van der Waals surface area contributed by atoms with E-state index in [0.717, 1.165) is 17.7 Å². The zero-order chi connectivity index (χ0) is 18.7. The minimum absolute atomic E-state index is 0.116. The van der Waals surface area contributed by atoms with Crippen LogP contribution in [0.5, 0.6) is 0 Å². The lowest BCUT2D eigenvalue weighted by molar-refractivity contribution is -0.117. The normalized spacial score (nSPS) is 11.0. The molecule has 0 bridgehead atoms. The van der Waals surface area contributed by atoms with Crippen molar-refractivity contribution < 1.29 is 4.79 Å². The second-order valence-corrected chi connectivity index (χ2v) is 7.56. The van der Waals surface area contributed by atoms with Crippen molar-refractivity contribution in [1.29, 1.82) is 0 Å². The molecule has 0 radical (unpaired) electrons. The number of aromatic nitrogens is 2. The first-order chi connectivity index (χ1) is 12.5. The number of nitrogens with zero attached hydrogens (tertiary/aromatic N) is 2. The largest absolute Gasteiger partial charge is 0.300 e. The van der Waals surface area contributed by atoms with Gasteiger partial charge in [-0.2, -0.15) is 0 Å². The van der Waals surface area contributed by atoms with Gasteiger partial charge in [-0.1, -0.05) is 41.6 Å². The van der Waals surface area contributed by atoms with Crippen LogP contribution in [0, 0.1) is 6.92 Å². The van der Waals surface area contributed by atoms with Crippen molar-refractivity contribution in [3.63, 3.8) is 0 Å². The molecule has 0 aliphatic carbocycles. The maximum Gasteiger partial charge on any atom is 0.266 e. The zero-order valence-electron chi connectivity index (χ0n) is 14.7. The van der Waals surface area contributed by atoms with Crippen molar-refractivity contribution in [3.8, 4) is 5.69 Å². The molecule has 0 saturated carbocycles. The average molecular weight is 387 g/mol. The summed E-state index contributed by atoms with van der Waals surface area (Å²) in [6.07, 6.45) is 1.28. The number of para-hydroxylation sites is 1. The standard InChI is InChI=1S/C20H19ClN2O2S/c1-13(24)7-6-12-26-20-22-17-10-4-3-8-15(17)19(25)23(20)18-11-5-9-16(21)14(18)2/h3-5,8-11H,6-7,12H2,1-2H3. The van der Waals surface area contributed by atoms with Crippen molar-refractivity contribution in [2.45, 2.75) is 31.8 Å². The van der Waals surface area contributed by atoms with Gasteiger partial charge >= 0.3 is 0 Å². The fourth-order valence-corrected chi connectivity index (χ4v) is 3.86. The molecular weight excluding hydrogens is 368 g/mol. The van der Waals surface area contributed by atoms with Crippen molar-refractivity contribution in [2.75, 3.05) is 5.75 Å². The number of ketones is 1. The summed E-state index contributed by atoms with van der Waals surface area (Å²) >= 11 is 7.75. The summed E-state index contributed by atoms with van der Waals surface area (Å²) < 4.78 is 1.63. The van der Waals surface area contributed by atoms with Gasteiger partial charge in [-0.15, -0.1) is 0 Å². The van der Waals surface area contributed by atoms with Crippen LogP contribution >= 0.6 is 23.4 Å². The lowest BCUT2D eigenvalue weighted by Crippen LogP contribution is -2.22. The number of carbonyl (C=O) groups is 1. The Bertz CT molecular complexity index is 1030. The summed E-state index contributed by atoms with van der Waals surface area (Å²) in [4.78, 5) is 29.0. The van der Waals surface area contributed by atoms with Crippen LogP contribution < -0.4 is 5.56 Å². The third kappa shape index (κ3) is 3.84. The molecule has 1 aromatic heterocycles. The number of rotatable bonds is 6. The highest BCUT2D eigenvalue weighted by atomic mass is 35.5. The van der Waals surface area contributed by atoms with Gasteiger partial charge in [-0.3, -0.25) is 9.36 Å². The number of carbonyl (C=O) groups excluding carboxylic acids is 1. The number of Topliss-reactive ketones (excluding diaryl/α,β-unsaturated/α-hetero) is 1. The topological polar surface area (TPSA) is 52.0 Å². The van der Waals surface area contributed by atoms with Gasteiger partial charge in [-0.25, -0.2) is 4.98 Å². The van der Waals surface area contributed by atoms with Crippen LogP contribution in [0.1, 0.15) is 25.3 Å². The molecule has 2 aromatic carbocycles. The molecule has 4 nitrogen and oxygen atoms in total. The van der Waals surface area contributed by atoms with Gasteiger partial charge in [0.15, 0.2) is 5.16 Å². The Hall–Kier alpha value is -2.11. The monoisotopic (exact) mass is 386 g/mol. The van der Waals surface area contributed by atoms with Gasteiger partial charge in [0, 0.05) is 17.2 Å². The Labute approximate surface area is 161 Å². The molecule has 0 amide bonds. The van der Waals surface area contributed by atoms with E-state index in [1.54, 1.807) is 23.6 Å². The fraction of sp³-hybridized carbons (Fsp3) is 0.250. The highest BCUT2D eigenvalue weighted by molar-refractivity contribution is 7.99. The van der Waals surface area contributed by atoms with Gasteiger partial charge in [0.25, 0.3) is 5.56 Å². The van der Waals surface area contributed by atoms with Gasteiger partial charge in [0.2, 0.25) is 0 Å². The van der Waals surface area contributed by atoms with Crippen LogP contribution in [0.4, 0.5) is 0 Å². The number of hydrogen-bond acceptors (Lipinski definition) is 4. The number of benzene rings is 2. The molecule has 0 aliphatic heterocycles. The first-order valence-electron chi connectivity index (χ1n) is 8.38. The molecule has 3 aromatic rings. The lowest BCUT2D eigenvalue weighted by Gasteiger charge is -2.15. The minimum atomic E-state index is -0.116. The molecule has 0 aliphatic rings. The Morgan fingerprint density at radius 1 is 1.19 bits per heavy atom. The summed E-state index contributed by atoms with van der Waals surface area (Å²) in [7, 11) is 0. The molecule has 0 fully saturated rings. The van der Waals surface area contributed by atoms with E-state index >= 15 is 0 Å². The Balaban J connectivity index is 2.13. The summed E-state index contributed by atoms with van der Waals surface area (Å²) in [5.41, 5.74) is 2.12. The maximum atomic E-state index is 13.2. The number of thioether (sulfide) groups is 1. The van der Waals surface area contributed by atoms with Crippen molar-refractivity contribution >= 4 is 40.0 Å². The number of fused-ring (bicyclic) bond motifs is 1. The predicted molar refractivity (Wildman–Crippen MR) is 108 cm³/mol. The lowest BCUT2D eigenvalue weighted by atomic mass is 10.2. The summed E-state index contributed by atoms with van der Waals surface area (Å²) in [5.74, 6) is 0.879. The van der Waals surface area contributed by atoms with Gasteiger partial charge in [0.1, 0.15) is 5.78 Å². The summed E-state index contributed by atoms with van der Waals surface area (Å²) in [6.45, 7) is 3.48. The third-order valence-corrected chi connectivity index (χ3v) is 5.56. The van der Waals surface area contributed by atoms with Crippen LogP contribution in [0.15, 0.2) is 52.4 Å². The zero-order valence-corrected chi connectivity index (χ0v) is 16.2. The first kappa shape index (κ1) is 18.7. The quantitative estimate of drug-likeness (QED) is 0.346. The molecule has 0 atom stereocenters. The van der Waals surface area contributed by atoms with Gasteiger partial charge in [-0.05, 0) is 50.1 Å². The van der Waals surface area contributed by atoms with E-state index in [2.05, 4.69) is 0 Å². The highest BCUT2D eigenvalue weighted by Crippen LogP contribution is 2.27. The SMILES string of the molecule is CC(=O)CCCSc1nc2ccccc2c(=O)n1-c1cccc(Cl)c1C.